The van der Waals surface area contributed by atoms with Crippen LogP contribution in [0.5, 0.6) is 17.2 Å². The molecule has 1 N–H and O–H groups in total. The van der Waals surface area contributed by atoms with Crippen LogP contribution in [0.2, 0.25) is 0 Å². The summed E-state index contributed by atoms with van der Waals surface area (Å²) in [4.78, 5) is 1.64. The van der Waals surface area contributed by atoms with Crippen molar-refractivity contribution in [2.75, 3.05) is 33.9 Å². The Morgan fingerprint density at radius 1 is 0.808 bits per heavy atom. The van der Waals surface area contributed by atoms with E-state index in [0.29, 0.717) is 41.2 Å². The second-order valence-electron chi connectivity index (χ2n) is 13.5. The van der Waals surface area contributed by atoms with E-state index in [1.54, 1.807) is 29.8 Å². The van der Waals surface area contributed by atoms with Crippen LogP contribution < -0.4 is 14.2 Å². The van der Waals surface area contributed by atoms with Gasteiger partial charge in [-0.3, -0.25) is 4.90 Å². The molecule has 0 saturated carbocycles. The summed E-state index contributed by atoms with van der Waals surface area (Å²) in [7, 11) is 3.17. The second kappa shape index (κ2) is 16.1. The number of aromatic nitrogens is 1. The highest BCUT2D eigenvalue weighted by Crippen LogP contribution is 2.45. The Morgan fingerprint density at radius 2 is 1.40 bits per heavy atom. The van der Waals surface area contributed by atoms with Gasteiger partial charge in [0.05, 0.1) is 31.4 Å². The van der Waals surface area contributed by atoms with Gasteiger partial charge < -0.3 is 23.9 Å². The number of aliphatic hydroxyl groups is 1. The van der Waals surface area contributed by atoms with Gasteiger partial charge in [0.25, 0.3) is 0 Å². The number of methoxy groups -OCH3 is 2. The van der Waals surface area contributed by atoms with Crippen molar-refractivity contribution in [2.45, 2.75) is 63.0 Å². The Bertz CT molecular complexity index is 1960. The highest BCUT2D eigenvalue weighted by atomic mass is 19.4. The van der Waals surface area contributed by atoms with Crippen molar-refractivity contribution in [3.63, 3.8) is 0 Å². The van der Waals surface area contributed by atoms with Crippen LogP contribution in [0.15, 0.2) is 97.2 Å². The minimum Gasteiger partial charge on any atom is -0.493 e. The Kier molecular flexibility index (Phi) is 11.4. The third kappa shape index (κ3) is 8.22. The molecule has 10 heteroatoms. The number of alkyl halides is 3. The Morgan fingerprint density at radius 3 is 1.98 bits per heavy atom. The number of aryl methyl sites for hydroxylation is 2. The minimum atomic E-state index is -4.97. The Hall–Kier alpha value is -4.98. The maximum atomic E-state index is 15.0. The molecule has 1 aliphatic heterocycles. The van der Waals surface area contributed by atoms with Crippen LogP contribution >= 0.6 is 0 Å². The predicted octanol–water partition coefficient (Wildman–Crippen LogP) is 8.44. The zero-order valence-corrected chi connectivity index (χ0v) is 29.5. The van der Waals surface area contributed by atoms with Gasteiger partial charge in [-0.15, -0.1) is 0 Å². The molecule has 0 spiro atoms. The summed E-state index contributed by atoms with van der Waals surface area (Å²) in [5, 5.41) is 21.4. The first-order chi connectivity index (χ1) is 25.1. The predicted molar refractivity (Wildman–Crippen MR) is 195 cm³/mol. The highest BCUT2D eigenvalue weighted by Gasteiger charge is 2.57. The van der Waals surface area contributed by atoms with Gasteiger partial charge in [-0.05, 0) is 79.5 Å². The number of halogens is 3. The van der Waals surface area contributed by atoms with E-state index >= 15 is 13.2 Å². The summed E-state index contributed by atoms with van der Waals surface area (Å²) in [6.07, 6.45) is 0.933. The van der Waals surface area contributed by atoms with Crippen LogP contribution in [0, 0.1) is 11.3 Å². The summed E-state index contributed by atoms with van der Waals surface area (Å²) in [5.41, 5.74) is 0.662. The molecule has 1 aliphatic rings. The van der Waals surface area contributed by atoms with Crippen molar-refractivity contribution in [1.29, 1.82) is 5.26 Å². The molecule has 1 unspecified atom stereocenters. The lowest BCUT2D eigenvalue weighted by molar-refractivity contribution is -0.272. The number of nitrogens with zero attached hydrogens (tertiary/aromatic N) is 3. The average molecular weight is 712 g/mol. The first-order valence-corrected chi connectivity index (χ1v) is 17.7. The largest absolute Gasteiger partial charge is 0.493 e. The van der Waals surface area contributed by atoms with Crippen molar-refractivity contribution in [3.8, 4) is 23.3 Å². The van der Waals surface area contributed by atoms with E-state index in [1.165, 1.54) is 23.9 Å². The Balaban J connectivity index is 1.15. The van der Waals surface area contributed by atoms with E-state index in [0.717, 1.165) is 36.8 Å². The van der Waals surface area contributed by atoms with E-state index in [1.807, 2.05) is 48.5 Å². The molecule has 2 heterocycles. The molecule has 0 bridgehead atoms. The lowest BCUT2D eigenvalue weighted by atomic mass is 9.90. The van der Waals surface area contributed by atoms with Crippen LogP contribution in [-0.4, -0.2) is 60.7 Å². The number of nitriles is 1. The fraction of sp³-hybridized carbons (Fsp3) is 0.357. The summed E-state index contributed by atoms with van der Waals surface area (Å²) in [5.74, 6) is 1.58. The van der Waals surface area contributed by atoms with Crippen molar-refractivity contribution in [1.82, 2.24) is 9.47 Å². The number of ether oxygens (including phenoxy) is 3. The number of benzene rings is 4. The molecule has 0 aliphatic carbocycles. The molecule has 52 heavy (non-hydrogen) atoms. The lowest BCUT2D eigenvalue weighted by Gasteiger charge is -2.39. The summed E-state index contributed by atoms with van der Waals surface area (Å²) in [6, 6.07) is 30.3. The molecule has 0 amide bonds. The molecular weight excluding hydrogens is 667 g/mol. The van der Waals surface area contributed by atoms with Gasteiger partial charge in [0, 0.05) is 43.3 Å². The maximum absolute atomic E-state index is 15.0. The minimum absolute atomic E-state index is 0.233. The van der Waals surface area contributed by atoms with Gasteiger partial charge in [0.1, 0.15) is 6.10 Å². The van der Waals surface area contributed by atoms with Gasteiger partial charge in [0.2, 0.25) is 11.4 Å². The van der Waals surface area contributed by atoms with E-state index in [-0.39, 0.29) is 36.7 Å². The molecule has 1 atom stereocenters. The fourth-order valence-electron chi connectivity index (χ4n) is 7.10. The molecule has 272 valence electrons. The first kappa shape index (κ1) is 36.8. The number of fused-ring (bicyclic) bond motifs is 1. The number of β-amino-alcohol motifs (C(OH)–C–C–N with tert-alkyl or cyclic N) is 1. The van der Waals surface area contributed by atoms with Crippen LogP contribution in [0.25, 0.3) is 10.9 Å². The summed E-state index contributed by atoms with van der Waals surface area (Å²) >= 11 is 0. The molecule has 4 aromatic carbocycles. The maximum Gasteiger partial charge on any atom is 0.422 e. The first-order valence-electron chi connectivity index (χ1n) is 17.7. The van der Waals surface area contributed by atoms with E-state index < -0.39 is 18.3 Å². The average Bonchev–Trinajstić information content (AvgIpc) is 3.52. The van der Waals surface area contributed by atoms with Crippen LogP contribution in [0.1, 0.15) is 53.5 Å². The van der Waals surface area contributed by atoms with Crippen LogP contribution in [0.3, 0.4) is 0 Å². The zero-order chi connectivity index (χ0) is 36.7. The van der Waals surface area contributed by atoms with Gasteiger partial charge >= 0.3 is 6.18 Å². The number of piperidine rings is 1. The third-order valence-electron chi connectivity index (χ3n) is 9.94. The zero-order valence-electron chi connectivity index (χ0n) is 29.5. The molecular formula is C42H44F3N3O4. The number of hydrogen-bond donors (Lipinski definition) is 1. The lowest BCUT2D eigenvalue weighted by Crippen LogP contribution is -2.53. The number of rotatable bonds is 14. The van der Waals surface area contributed by atoms with Crippen molar-refractivity contribution in [3.05, 3.63) is 125 Å². The van der Waals surface area contributed by atoms with Gasteiger partial charge in [-0.25, -0.2) is 0 Å². The third-order valence-corrected chi connectivity index (χ3v) is 9.94. The van der Waals surface area contributed by atoms with Crippen LogP contribution in [0.4, 0.5) is 13.2 Å². The summed E-state index contributed by atoms with van der Waals surface area (Å²) < 4.78 is 64.5. The number of likely N-dealkylation sites (tertiary alicyclic amines) is 1. The molecule has 1 fully saturated rings. The number of hydrogen-bond acceptors (Lipinski definition) is 6. The Labute approximate surface area is 302 Å². The van der Waals surface area contributed by atoms with Crippen LogP contribution in [-0.2, 0) is 25.0 Å². The van der Waals surface area contributed by atoms with E-state index in [2.05, 4.69) is 30.3 Å². The summed E-state index contributed by atoms with van der Waals surface area (Å²) in [6.45, 7) is 0.215. The fourth-order valence-corrected chi connectivity index (χ4v) is 7.10. The smallest absolute Gasteiger partial charge is 0.422 e. The monoisotopic (exact) mass is 711 g/mol. The van der Waals surface area contributed by atoms with Gasteiger partial charge in [-0.2, -0.15) is 18.4 Å². The van der Waals surface area contributed by atoms with Crippen molar-refractivity contribution >= 4 is 10.9 Å². The molecule has 1 saturated heterocycles. The van der Waals surface area contributed by atoms with Crippen molar-refractivity contribution < 1.29 is 32.5 Å². The standard InChI is InChI=1S/C42H44F3N3O4/c1-50-38-24-32(16-10-9-13-30-11-5-3-6-12-30)25-39(51-2)40(38)52-34-19-21-47(22-20-34)29-41(49,42(43,44)45)36-28-48(27-31-14-7-4-8-15-31)37-23-33(26-46)17-18-35(36)37/h3-8,11-12,14-15,17-18,23-25,28,34,49H,9-10,13,16,19-22,27,29H2,1-2H3. The van der Waals surface area contributed by atoms with Gasteiger partial charge in [-0.1, -0.05) is 66.7 Å². The van der Waals surface area contributed by atoms with Gasteiger partial charge in [0.15, 0.2) is 11.5 Å². The van der Waals surface area contributed by atoms with E-state index in [4.69, 9.17) is 14.2 Å². The molecule has 6 rings (SSSR count). The highest BCUT2D eigenvalue weighted by molar-refractivity contribution is 5.86. The van der Waals surface area contributed by atoms with Crippen molar-refractivity contribution in [2.24, 2.45) is 0 Å². The molecule has 1 aromatic heterocycles. The normalized spacial score (nSPS) is 15.2. The SMILES string of the molecule is COc1cc(CCCCc2ccccc2)cc(OC)c1OC1CCN(CC(O)(c2cn(Cc3ccccc3)c3cc(C#N)ccc23)C(F)(F)F)CC1. The molecule has 5 aromatic rings. The second-order valence-corrected chi connectivity index (χ2v) is 13.5. The van der Waals surface area contributed by atoms with E-state index in [9.17, 15) is 10.4 Å². The topological polar surface area (TPSA) is 79.9 Å². The quantitative estimate of drug-likeness (QED) is 0.117. The molecule has 0 radical (unpaired) electrons. The molecule has 7 nitrogen and oxygen atoms in total. The number of unbranched alkanes of at least 4 members (excludes halogenated alkanes) is 1.